The van der Waals surface area contributed by atoms with Gasteiger partial charge in [-0.05, 0) is 29.8 Å². The number of nitrogens with zero attached hydrogens (tertiary/aromatic N) is 1. The minimum absolute atomic E-state index is 0.00392. The van der Waals surface area contributed by atoms with Gasteiger partial charge in [-0.3, -0.25) is 0 Å². The molecular formula is C23H16Cl2N2O3. The van der Waals surface area contributed by atoms with E-state index in [0.29, 0.717) is 27.1 Å². The van der Waals surface area contributed by atoms with Gasteiger partial charge in [0.05, 0.1) is 10.9 Å². The van der Waals surface area contributed by atoms with Crippen LogP contribution in [0, 0.1) is 11.3 Å². The molecule has 0 aliphatic carbocycles. The third-order valence-corrected chi connectivity index (χ3v) is 5.50. The molecule has 30 heavy (non-hydrogen) atoms. The topological polar surface area (TPSA) is 88.5 Å². The molecule has 0 spiro atoms. The van der Waals surface area contributed by atoms with Gasteiger partial charge in [-0.2, -0.15) is 5.26 Å². The molecule has 5 nitrogen and oxygen atoms in total. The van der Waals surface area contributed by atoms with Crippen LogP contribution < -0.4 is 15.2 Å². The van der Waals surface area contributed by atoms with Crippen LogP contribution in [0.3, 0.4) is 0 Å². The number of nitriles is 1. The van der Waals surface area contributed by atoms with Crippen molar-refractivity contribution < 1.29 is 14.6 Å². The fourth-order valence-electron chi connectivity index (χ4n) is 3.37. The Balaban J connectivity index is 1.67. The standard InChI is InChI=1S/C23H16Cl2N2O3/c24-18-4-2-1-3-14(18)12-29-20-8-5-13(9-19(20)25)22-16-7-6-15(28)10-21(16)30-23(27)17(22)11-26/h1-10,22,28H,12,27H2/t22-/m0/s1. The summed E-state index contributed by atoms with van der Waals surface area (Å²) in [7, 11) is 0. The van der Waals surface area contributed by atoms with Gasteiger partial charge < -0.3 is 20.3 Å². The number of rotatable bonds is 4. The predicted octanol–water partition coefficient (Wildman–Crippen LogP) is 5.50. The van der Waals surface area contributed by atoms with E-state index in [1.165, 1.54) is 12.1 Å². The molecule has 0 saturated heterocycles. The van der Waals surface area contributed by atoms with Crippen molar-refractivity contribution in [3.8, 4) is 23.3 Å². The van der Waals surface area contributed by atoms with Gasteiger partial charge >= 0.3 is 0 Å². The maximum Gasteiger partial charge on any atom is 0.205 e. The quantitative estimate of drug-likeness (QED) is 0.561. The minimum atomic E-state index is -0.477. The molecule has 0 radical (unpaired) electrons. The largest absolute Gasteiger partial charge is 0.508 e. The molecule has 0 amide bonds. The smallest absolute Gasteiger partial charge is 0.205 e. The van der Waals surface area contributed by atoms with Gasteiger partial charge in [-0.15, -0.1) is 0 Å². The number of halogens is 2. The summed E-state index contributed by atoms with van der Waals surface area (Å²) in [6.07, 6.45) is 0. The summed E-state index contributed by atoms with van der Waals surface area (Å²) in [5.41, 5.74) is 8.54. The second-order valence-corrected chi connectivity index (χ2v) is 7.53. The number of hydrogen-bond donors (Lipinski definition) is 2. The fourth-order valence-corrected chi connectivity index (χ4v) is 3.81. The van der Waals surface area contributed by atoms with Gasteiger partial charge in [-0.25, -0.2) is 0 Å². The molecule has 1 atom stereocenters. The first-order valence-corrected chi connectivity index (χ1v) is 9.79. The Morgan fingerprint density at radius 1 is 1.07 bits per heavy atom. The van der Waals surface area contributed by atoms with Gasteiger partial charge in [0.15, 0.2) is 0 Å². The van der Waals surface area contributed by atoms with E-state index in [2.05, 4.69) is 6.07 Å². The average Bonchev–Trinajstić information content (AvgIpc) is 2.72. The number of benzene rings is 3. The third-order valence-electron chi connectivity index (χ3n) is 4.83. The Bertz CT molecular complexity index is 1200. The Morgan fingerprint density at radius 2 is 1.87 bits per heavy atom. The highest BCUT2D eigenvalue weighted by Gasteiger charge is 2.31. The molecule has 3 aromatic carbocycles. The number of nitrogens with two attached hydrogens (primary N) is 1. The first kappa shape index (κ1) is 20.0. The van der Waals surface area contributed by atoms with E-state index in [9.17, 15) is 10.4 Å². The predicted molar refractivity (Wildman–Crippen MR) is 115 cm³/mol. The zero-order chi connectivity index (χ0) is 21.3. The monoisotopic (exact) mass is 438 g/mol. The second kappa shape index (κ2) is 8.19. The molecule has 4 rings (SSSR count). The lowest BCUT2D eigenvalue weighted by molar-refractivity contribution is 0.306. The van der Waals surface area contributed by atoms with Crippen LogP contribution in [-0.2, 0) is 6.61 Å². The minimum Gasteiger partial charge on any atom is -0.508 e. The van der Waals surface area contributed by atoms with Crippen molar-refractivity contribution in [2.24, 2.45) is 5.73 Å². The average molecular weight is 439 g/mol. The van der Waals surface area contributed by atoms with Crippen LogP contribution in [0.4, 0.5) is 0 Å². The first-order valence-electron chi connectivity index (χ1n) is 9.04. The Hall–Kier alpha value is -3.33. The molecule has 0 aromatic heterocycles. The van der Waals surface area contributed by atoms with Crippen molar-refractivity contribution in [3.05, 3.63) is 98.9 Å². The van der Waals surface area contributed by atoms with Crippen LogP contribution in [0.2, 0.25) is 10.0 Å². The molecule has 150 valence electrons. The van der Waals surface area contributed by atoms with Gasteiger partial charge in [0, 0.05) is 22.2 Å². The molecule has 3 aromatic rings. The van der Waals surface area contributed by atoms with Crippen molar-refractivity contribution in [2.45, 2.75) is 12.5 Å². The van der Waals surface area contributed by atoms with Crippen LogP contribution in [0.5, 0.6) is 17.2 Å². The molecule has 0 unspecified atom stereocenters. The van der Waals surface area contributed by atoms with E-state index < -0.39 is 5.92 Å². The lowest BCUT2D eigenvalue weighted by Gasteiger charge is -2.26. The zero-order valence-electron chi connectivity index (χ0n) is 15.6. The molecule has 1 heterocycles. The third kappa shape index (κ3) is 3.76. The maximum absolute atomic E-state index is 9.76. The molecule has 0 saturated carbocycles. The number of phenolic OH excluding ortho intramolecular Hbond substituents is 1. The highest BCUT2D eigenvalue weighted by molar-refractivity contribution is 6.32. The van der Waals surface area contributed by atoms with Gasteiger partial charge in [0.1, 0.15) is 35.5 Å². The van der Waals surface area contributed by atoms with E-state index in [0.717, 1.165) is 11.1 Å². The van der Waals surface area contributed by atoms with Crippen molar-refractivity contribution in [1.82, 2.24) is 0 Å². The van der Waals surface area contributed by atoms with Crippen LogP contribution in [0.15, 0.2) is 72.1 Å². The number of ether oxygens (including phenoxy) is 2. The molecule has 0 bridgehead atoms. The van der Waals surface area contributed by atoms with Gasteiger partial charge in [-0.1, -0.05) is 53.5 Å². The first-order chi connectivity index (χ1) is 14.5. The van der Waals surface area contributed by atoms with Crippen molar-refractivity contribution in [2.75, 3.05) is 0 Å². The fraction of sp³-hybridized carbons (Fsp3) is 0.0870. The molecule has 1 aliphatic rings. The highest BCUT2D eigenvalue weighted by atomic mass is 35.5. The molecule has 3 N–H and O–H groups in total. The van der Waals surface area contributed by atoms with Crippen molar-refractivity contribution in [1.29, 1.82) is 5.26 Å². The number of allylic oxidation sites excluding steroid dienone is 1. The summed E-state index contributed by atoms with van der Waals surface area (Å²) in [4.78, 5) is 0. The zero-order valence-corrected chi connectivity index (χ0v) is 17.1. The summed E-state index contributed by atoms with van der Waals surface area (Å²) in [5.74, 6) is 0.452. The second-order valence-electron chi connectivity index (χ2n) is 6.72. The van der Waals surface area contributed by atoms with Crippen LogP contribution in [-0.4, -0.2) is 5.11 Å². The van der Waals surface area contributed by atoms with E-state index in [1.54, 1.807) is 24.3 Å². The Kier molecular flexibility index (Phi) is 5.45. The SMILES string of the molecule is N#CC1=C(N)Oc2cc(O)ccc2[C@@H]1c1ccc(OCc2ccccc2Cl)c(Cl)c1. The molecular weight excluding hydrogens is 423 g/mol. The summed E-state index contributed by atoms with van der Waals surface area (Å²) in [5, 5.41) is 20.4. The van der Waals surface area contributed by atoms with Crippen molar-refractivity contribution >= 4 is 23.2 Å². The molecule has 7 heteroatoms. The normalized spacial score (nSPS) is 15.2. The van der Waals surface area contributed by atoms with Crippen LogP contribution >= 0.6 is 23.2 Å². The summed E-state index contributed by atoms with van der Waals surface area (Å²) in [6, 6.07) is 19.5. The summed E-state index contributed by atoms with van der Waals surface area (Å²) in [6.45, 7) is 0.272. The molecule has 1 aliphatic heterocycles. The lowest BCUT2D eigenvalue weighted by Crippen LogP contribution is -2.21. The molecule has 0 fully saturated rings. The van der Waals surface area contributed by atoms with Gasteiger partial charge in [0.2, 0.25) is 5.88 Å². The number of aromatic hydroxyl groups is 1. The van der Waals surface area contributed by atoms with E-state index in [1.807, 2.05) is 24.3 Å². The van der Waals surface area contributed by atoms with E-state index in [-0.39, 0.29) is 23.8 Å². The summed E-state index contributed by atoms with van der Waals surface area (Å²) >= 11 is 12.6. The Labute approximate surface area is 183 Å². The maximum atomic E-state index is 9.76. The van der Waals surface area contributed by atoms with Crippen LogP contribution in [0.25, 0.3) is 0 Å². The highest BCUT2D eigenvalue weighted by Crippen LogP contribution is 2.44. The Morgan fingerprint density at radius 3 is 2.60 bits per heavy atom. The van der Waals surface area contributed by atoms with Crippen LogP contribution in [0.1, 0.15) is 22.6 Å². The van der Waals surface area contributed by atoms with Crippen molar-refractivity contribution in [3.63, 3.8) is 0 Å². The lowest BCUT2D eigenvalue weighted by atomic mass is 9.83. The van der Waals surface area contributed by atoms with Gasteiger partial charge in [0.25, 0.3) is 0 Å². The summed E-state index contributed by atoms with van der Waals surface area (Å²) < 4.78 is 11.4. The van der Waals surface area contributed by atoms with E-state index in [4.69, 9.17) is 38.4 Å². The number of hydrogen-bond acceptors (Lipinski definition) is 5. The van der Waals surface area contributed by atoms with E-state index >= 15 is 0 Å². The number of phenols is 1. The number of fused-ring (bicyclic) bond motifs is 1.